The zero-order valence-corrected chi connectivity index (χ0v) is 19.4. The van der Waals surface area contributed by atoms with Crippen molar-refractivity contribution in [2.45, 2.75) is 39.3 Å². The van der Waals surface area contributed by atoms with Gasteiger partial charge in [-0.15, -0.1) is 0 Å². The molecule has 0 saturated carbocycles. The van der Waals surface area contributed by atoms with E-state index in [1.165, 1.54) is 4.31 Å². The van der Waals surface area contributed by atoms with Gasteiger partial charge in [-0.3, -0.25) is 9.10 Å². The van der Waals surface area contributed by atoms with Crippen LogP contribution in [-0.2, 0) is 14.8 Å². The quantitative estimate of drug-likeness (QED) is 0.704. The monoisotopic (exact) mass is 446 g/mol. The summed E-state index contributed by atoms with van der Waals surface area (Å²) in [5.41, 5.74) is 2.32. The van der Waals surface area contributed by atoms with Gasteiger partial charge in [-0.05, 0) is 54.7 Å². The first-order chi connectivity index (χ1) is 14.6. The summed E-state index contributed by atoms with van der Waals surface area (Å²) in [6.45, 7) is 5.98. The Morgan fingerprint density at radius 3 is 2.48 bits per heavy atom. The molecular formula is C23H30N2O5S. The number of sulfonamides is 1. The number of amides is 1. The summed E-state index contributed by atoms with van der Waals surface area (Å²) >= 11 is 0. The lowest BCUT2D eigenvalue weighted by atomic mass is 9.96. The molecule has 1 amide bonds. The number of anilines is 1. The average Bonchev–Trinajstić information content (AvgIpc) is 2.71. The Hall–Kier alpha value is -2.74. The maximum absolute atomic E-state index is 13.2. The van der Waals surface area contributed by atoms with Crippen LogP contribution < -0.4 is 19.1 Å². The number of carbonyl (C=O) groups excluding carboxylic acids is 1. The molecule has 1 aliphatic heterocycles. The molecule has 0 spiro atoms. The zero-order valence-electron chi connectivity index (χ0n) is 18.6. The molecule has 0 aliphatic carbocycles. The number of hydrogen-bond acceptors (Lipinski definition) is 5. The Morgan fingerprint density at radius 2 is 1.90 bits per heavy atom. The molecule has 0 bridgehead atoms. The van der Waals surface area contributed by atoms with Crippen LogP contribution >= 0.6 is 0 Å². The summed E-state index contributed by atoms with van der Waals surface area (Å²) in [7, 11) is -1.96. The van der Waals surface area contributed by atoms with Crippen molar-refractivity contribution >= 4 is 21.6 Å². The highest BCUT2D eigenvalue weighted by Gasteiger charge is 2.36. The molecule has 1 N–H and O–H groups in total. The molecule has 8 heteroatoms. The van der Waals surface area contributed by atoms with Crippen LogP contribution in [0.15, 0.2) is 42.5 Å². The van der Waals surface area contributed by atoms with E-state index < -0.39 is 16.1 Å². The molecule has 0 fully saturated rings. The van der Waals surface area contributed by atoms with Gasteiger partial charge < -0.3 is 14.8 Å². The first-order valence-electron chi connectivity index (χ1n) is 10.3. The first-order valence-corrected chi connectivity index (χ1v) is 12.1. The Morgan fingerprint density at radius 1 is 1.23 bits per heavy atom. The molecule has 2 aromatic rings. The Bertz CT molecular complexity index is 1030. The lowest BCUT2D eigenvalue weighted by Gasteiger charge is -2.35. The van der Waals surface area contributed by atoms with Crippen LogP contribution in [0.2, 0.25) is 0 Å². The normalized spacial score (nSPS) is 17.0. The fourth-order valence-electron chi connectivity index (χ4n) is 3.66. The van der Waals surface area contributed by atoms with Crippen molar-refractivity contribution in [2.24, 2.45) is 5.92 Å². The Labute approximate surface area is 184 Å². The van der Waals surface area contributed by atoms with Crippen LogP contribution in [0.25, 0.3) is 0 Å². The number of aryl methyl sites for hydroxylation is 1. The lowest BCUT2D eigenvalue weighted by Crippen LogP contribution is -2.51. The molecule has 0 aromatic heterocycles. The van der Waals surface area contributed by atoms with Crippen molar-refractivity contribution in [3.8, 4) is 11.5 Å². The largest absolute Gasteiger partial charge is 0.497 e. The Balaban J connectivity index is 1.85. The number of benzene rings is 2. The van der Waals surface area contributed by atoms with Crippen LogP contribution in [0.5, 0.6) is 11.5 Å². The summed E-state index contributed by atoms with van der Waals surface area (Å²) in [5.74, 6) is 1.12. The molecule has 2 aromatic carbocycles. The molecular weight excluding hydrogens is 416 g/mol. The SMILES string of the molecule is COc1ccc([C@H](CC(C)C)NC(=O)[C@H]2CN(S(C)(=O)=O)c3cc(C)ccc3O2)cc1. The summed E-state index contributed by atoms with van der Waals surface area (Å²) < 4.78 is 37.2. The number of methoxy groups -OCH3 is 1. The van der Waals surface area contributed by atoms with Crippen LogP contribution in [0.4, 0.5) is 5.69 Å². The molecule has 31 heavy (non-hydrogen) atoms. The van der Waals surface area contributed by atoms with E-state index in [4.69, 9.17) is 9.47 Å². The molecule has 0 saturated heterocycles. The maximum atomic E-state index is 13.2. The minimum atomic E-state index is -3.57. The summed E-state index contributed by atoms with van der Waals surface area (Å²) in [5, 5.41) is 3.06. The topological polar surface area (TPSA) is 84.9 Å². The van der Waals surface area contributed by atoms with Crippen LogP contribution in [0, 0.1) is 12.8 Å². The smallest absolute Gasteiger partial charge is 0.263 e. The van der Waals surface area contributed by atoms with E-state index >= 15 is 0 Å². The van der Waals surface area contributed by atoms with Gasteiger partial charge in [-0.2, -0.15) is 0 Å². The second-order valence-electron chi connectivity index (χ2n) is 8.34. The highest BCUT2D eigenvalue weighted by molar-refractivity contribution is 7.92. The molecule has 2 atom stereocenters. The van der Waals surface area contributed by atoms with Crippen molar-refractivity contribution in [3.05, 3.63) is 53.6 Å². The van der Waals surface area contributed by atoms with Gasteiger partial charge in [0.05, 0.1) is 31.6 Å². The minimum absolute atomic E-state index is 0.0713. The van der Waals surface area contributed by atoms with Crippen molar-refractivity contribution in [1.29, 1.82) is 0 Å². The molecule has 3 rings (SSSR count). The van der Waals surface area contributed by atoms with E-state index in [2.05, 4.69) is 19.2 Å². The van der Waals surface area contributed by atoms with Gasteiger partial charge in [-0.1, -0.05) is 32.0 Å². The van der Waals surface area contributed by atoms with Gasteiger partial charge in [0.2, 0.25) is 10.0 Å². The number of carbonyl (C=O) groups is 1. The highest BCUT2D eigenvalue weighted by Crippen LogP contribution is 2.36. The standard InChI is InChI=1S/C23H30N2O5S/c1-15(2)12-19(17-7-9-18(29-4)10-8-17)24-23(26)22-14-25(31(5,27)28)20-13-16(3)6-11-21(20)30-22/h6-11,13,15,19,22H,12,14H2,1-5H3,(H,24,26)/t19-,22+/m0/s1. The summed E-state index contributed by atoms with van der Waals surface area (Å²) in [4.78, 5) is 13.2. The highest BCUT2D eigenvalue weighted by atomic mass is 32.2. The summed E-state index contributed by atoms with van der Waals surface area (Å²) in [6.07, 6.45) is 0.923. The third kappa shape index (κ3) is 5.50. The van der Waals surface area contributed by atoms with Crippen molar-refractivity contribution in [2.75, 3.05) is 24.2 Å². The second kappa shape index (κ2) is 9.18. The number of rotatable bonds is 7. The van der Waals surface area contributed by atoms with Crippen molar-refractivity contribution in [1.82, 2.24) is 5.32 Å². The van der Waals surface area contributed by atoms with E-state index in [-0.39, 0.29) is 18.5 Å². The third-order valence-corrected chi connectivity index (χ3v) is 6.36. The second-order valence-corrected chi connectivity index (χ2v) is 10.2. The van der Waals surface area contributed by atoms with Gasteiger partial charge in [0.25, 0.3) is 5.91 Å². The predicted octanol–water partition coefficient (Wildman–Crippen LogP) is 3.43. The fourth-order valence-corrected chi connectivity index (χ4v) is 4.57. The van der Waals surface area contributed by atoms with Crippen molar-refractivity contribution in [3.63, 3.8) is 0 Å². The fraction of sp³-hybridized carbons (Fsp3) is 0.435. The maximum Gasteiger partial charge on any atom is 0.263 e. The van der Waals surface area contributed by atoms with E-state index in [0.717, 1.165) is 29.6 Å². The Kier molecular flexibility index (Phi) is 6.79. The van der Waals surface area contributed by atoms with Gasteiger partial charge >= 0.3 is 0 Å². The van der Waals surface area contributed by atoms with Gasteiger partial charge in [0, 0.05) is 0 Å². The molecule has 1 aliphatic rings. The molecule has 0 radical (unpaired) electrons. The van der Waals surface area contributed by atoms with Gasteiger partial charge in [0.15, 0.2) is 6.10 Å². The van der Waals surface area contributed by atoms with Gasteiger partial charge in [0.1, 0.15) is 11.5 Å². The van der Waals surface area contributed by atoms with E-state index in [9.17, 15) is 13.2 Å². The number of nitrogens with zero attached hydrogens (tertiary/aromatic N) is 1. The van der Waals surface area contributed by atoms with E-state index in [0.29, 0.717) is 17.4 Å². The summed E-state index contributed by atoms with van der Waals surface area (Å²) in [6, 6.07) is 12.6. The lowest BCUT2D eigenvalue weighted by molar-refractivity contribution is -0.128. The van der Waals surface area contributed by atoms with Crippen LogP contribution in [0.3, 0.4) is 0 Å². The number of hydrogen-bond donors (Lipinski definition) is 1. The third-order valence-electron chi connectivity index (χ3n) is 5.22. The predicted molar refractivity (Wildman–Crippen MR) is 121 cm³/mol. The number of fused-ring (bicyclic) bond motifs is 1. The zero-order chi connectivity index (χ0) is 22.8. The molecule has 1 heterocycles. The van der Waals surface area contributed by atoms with Gasteiger partial charge in [-0.25, -0.2) is 8.42 Å². The van der Waals surface area contributed by atoms with E-state index in [1.54, 1.807) is 19.2 Å². The molecule has 7 nitrogen and oxygen atoms in total. The van der Waals surface area contributed by atoms with Crippen LogP contribution in [0.1, 0.15) is 37.4 Å². The van der Waals surface area contributed by atoms with E-state index in [1.807, 2.05) is 37.3 Å². The first kappa shape index (κ1) is 22.9. The van der Waals surface area contributed by atoms with Crippen molar-refractivity contribution < 1.29 is 22.7 Å². The minimum Gasteiger partial charge on any atom is -0.497 e. The molecule has 0 unspecified atom stereocenters. The molecule has 168 valence electrons. The number of ether oxygens (including phenoxy) is 2. The number of nitrogens with one attached hydrogen (secondary N) is 1. The average molecular weight is 447 g/mol. The van der Waals surface area contributed by atoms with Crippen LogP contribution in [-0.4, -0.2) is 40.3 Å².